The second kappa shape index (κ2) is 18.3. The van der Waals surface area contributed by atoms with Gasteiger partial charge in [-0.3, -0.25) is 9.11 Å². The molecule has 0 saturated heterocycles. The Bertz CT molecular complexity index is 1040. The average Bonchev–Trinajstić information content (AvgIpc) is 2.80. The van der Waals surface area contributed by atoms with Gasteiger partial charge in [0.2, 0.25) is 0 Å². The van der Waals surface area contributed by atoms with Crippen molar-refractivity contribution in [1.82, 2.24) is 10.6 Å². The summed E-state index contributed by atoms with van der Waals surface area (Å²) in [7, 11) is -4.67. The molecule has 14 heteroatoms. The third-order valence-corrected chi connectivity index (χ3v) is 4.97. The van der Waals surface area contributed by atoms with Gasteiger partial charge in [0.05, 0.1) is 25.4 Å². The van der Waals surface area contributed by atoms with E-state index in [1.165, 1.54) is 12.1 Å². The molecular weight excluding hydrogens is 555 g/mol. The predicted octanol–water partition coefficient (Wildman–Crippen LogP) is 1.31. The Morgan fingerprint density at radius 2 is 0.975 bits per heavy atom. The van der Waals surface area contributed by atoms with Crippen molar-refractivity contribution in [3.05, 3.63) is 58.7 Å². The van der Waals surface area contributed by atoms with E-state index in [1.807, 2.05) is 41.5 Å². The van der Waals surface area contributed by atoms with Gasteiger partial charge in [-0.25, -0.2) is 0 Å². The van der Waals surface area contributed by atoms with Gasteiger partial charge < -0.3 is 41.3 Å². The van der Waals surface area contributed by atoms with Crippen LogP contribution >= 0.6 is 0 Å². The topological polar surface area (TPSA) is 220 Å². The van der Waals surface area contributed by atoms with Crippen LogP contribution in [0.1, 0.15) is 76.0 Å². The molecule has 2 aromatic carbocycles. The van der Waals surface area contributed by atoms with E-state index in [4.69, 9.17) is 27.7 Å². The van der Waals surface area contributed by atoms with Crippen LogP contribution < -0.4 is 10.6 Å². The van der Waals surface area contributed by atoms with Gasteiger partial charge in [-0.2, -0.15) is 8.42 Å². The number of β-amino-alcohol motifs (C(OH)–C–C–N with tert-alkyl or cyclic N) is 2. The van der Waals surface area contributed by atoms with Crippen LogP contribution in [0.25, 0.3) is 0 Å². The Kier molecular flexibility index (Phi) is 18.6. The summed E-state index contributed by atoms with van der Waals surface area (Å²) in [5, 5.41) is 63.2. The Morgan fingerprint density at radius 3 is 1.20 bits per heavy atom. The zero-order valence-electron chi connectivity index (χ0n) is 23.2. The van der Waals surface area contributed by atoms with Gasteiger partial charge >= 0.3 is 40.0 Å². The van der Waals surface area contributed by atoms with Crippen molar-refractivity contribution in [1.29, 1.82) is 0 Å². The van der Waals surface area contributed by atoms with Crippen molar-refractivity contribution in [3.8, 4) is 11.5 Å². The quantitative estimate of drug-likeness (QED) is 0.153. The van der Waals surface area contributed by atoms with Crippen LogP contribution in [-0.2, 0) is 23.6 Å². The van der Waals surface area contributed by atoms with Crippen molar-refractivity contribution in [3.63, 3.8) is 0 Å². The molecule has 0 aromatic heterocycles. The van der Waals surface area contributed by atoms with Crippen molar-refractivity contribution >= 4 is 40.0 Å². The van der Waals surface area contributed by atoms with E-state index in [9.17, 15) is 20.4 Å². The molecule has 0 fully saturated rings. The number of phenols is 2. The molecule has 0 aliphatic heterocycles. The Morgan fingerprint density at radius 1 is 0.700 bits per heavy atom. The summed E-state index contributed by atoms with van der Waals surface area (Å²) in [6.07, 6.45) is -1.31. The first-order valence-electron chi connectivity index (χ1n) is 12.1. The molecule has 0 spiro atoms. The van der Waals surface area contributed by atoms with Crippen LogP contribution in [0.15, 0.2) is 36.4 Å². The molecule has 2 atom stereocenters. The van der Waals surface area contributed by atoms with E-state index in [-0.39, 0.29) is 65.3 Å². The monoisotopic (exact) mass is 600 g/mol. The van der Waals surface area contributed by atoms with E-state index in [0.29, 0.717) is 35.3 Å². The number of hydrogen-bond donors (Lipinski definition) is 10. The van der Waals surface area contributed by atoms with Gasteiger partial charge in [-0.05, 0) is 76.9 Å². The number of aliphatic hydroxyl groups is 4. The summed E-state index contributed by atoms with van der Waals surface area (Å²) in [6, 6.07) is 9.52. The Hall–Kier alpha value is -1.33. The van der Waals surface area contributed by atoms with Crippen molar-refractivity contribution in [2.24, 2.45) is 0 Å². The normalized spacial score (nSPS) is 13.1. The van der Waals surface area contributed by atoms with Gasteiger partial charge in [0.1, 0.15) is 11.5 Å². The molecule has 0 saturated carbocycles. The molecule has 2 unspecified atom stereocenters. The standard InChI is InChI=1S/2C13H21NO3.Na.H2O4S.H/c2*1-13(2,3)14-7-12(17)9-4-5-11(16)10(6-9)8-15;;1-5(2,3)4;/h2*4-6,12,14-17H,7-8H2,1-3H3;;(H2,1,2,3,4);. The summed E-state index contributed by atoms with van der Waals surface area (Å²) in [5.74, 6) is 0.0967. The number of aliphatic hydroxyl groups excluding tert-OH is 4. The molecule has 0 amide bonds. The first-order chi connectivity index (χ1) is 17.7. The fourth-order valence-corrected chi connectivity index (χ4v) is 2.92. The fourth-order valence-electron chi connectivity index (χ4n) is 2.92. The molecule has 0 radical (unpaired) electrons. The SMILES string of the molecule is CC(C)(C)NCC(O)c1ccc(O)c(CO)c1.CC(C)(C)NCC(O)c1ccc(O)c(CO)c1.O=S(=O)(O)O.[NaH]. The van der Waals surface area contributed by atoms with E-state index < -0.39 is 22.6 Å². The molecule has 10 N–H and O–H groups in total. The van der Waals surface area contributed by atoms with E-state index in [0.717, 1.165) is 0 Å². The zero-order chi connectivity index (χ0) is 30.6. The van der Waals surface area contributed by atoms with Crippen LogP contribution in [0.4, 0.5) is 0 Å². The van der Waals surface area contributed by atoms with E-state index >= 15 is 0 Å². The molecule has 40 heavy (non-hydrogen) atoms. The van der Waals surface area contributed by atoms with Gasteiger partial charge in [0.25, 0.3) is 0 Å². The first-order valence-corrected chi connectivity index (χ1v) is 13.5. The van der Waals surface area contributed by atoms with Crippen LogP contribution in [0.3, 0.4) is 0 Å². The minimum atomic E-state index is -4.67. The molecule has 0 aliphatic carbocycles. The summed E-state index contributed by atoms with van der Waals surface area (Å²) in [5.41, 5.74) is 2.11. The first kappa shape index (κ1) is 40.8. The van der Waals surface area contributed by atoms with Crippen LogP contribution in [-0.4, -0.2) is 102 Å². The van der Waals surface area contributed by atoms with Crippen LogP contribution in [0.2, 0.25) is 0 Å². The summed E-state index contributed by atoms with van der Waals surface area (Å²) >= 11 is 0. The average molecular weight is 601 g/mol. The number of rotatable bonds is 8. The van der Waals surface area contributed by atoms with Gasteiger partial charge in [-0.1, -0.05) is 12.1 Å². The molecule has 2 aromatic rings. The summed E-state index contributed by atoms with van der Waals surface area (Å²) in [6.45, 7) is 12.5. The number of benzene rings is 2. The minimum absolute atomic E-state index is 0. The Labute approximate surface area is 259 Å². The number of hydrogen-bond acceptors (Lipinski definition) is 10. The molecule has 12 nitrogen and oxygen atoms in total. The Balaban J connectivity index is 0. The van der Waals surface area contributed by atoms with Gasteiger partial charge in [-0.15, -0.1) is 0 Å². The number of nitrogens with one attached hydrogen (secondary N) is 2. The maximum atomic E-state index is 9.97. The molecule has 0 heterocycles. The molecule has 2 rings (SSSR count). The summed E-state index contributed by atoms with van der Waals surface area (Å²) in [4.78, 5) is 0. The van der Waals surface area contributed by atoms with E-state index in [2.05, 4.69) is 10.6 Å². The third-order valence-electron chi connectivity index (χ3n) is 4.97. The molecule has 226 valence electrons. The molecule has 0 bridgehead atoms. The fraction of sp³-hybridized carbons (Fsp3) is 0.538. The molecular formula is C26H45N2NaO10S. The van der Waals surface area contributed by atoms with Gasteiger partial charge in [0, 0.05) is 35.3 Å². The van der Waals surface area contributed by atoms with Crippen molar-refractivity contribution in [2.45, 2.75) is 78.0 Å². The van der Waals surface area contributed by atoms with Crippen LogP contribution in [0, 0.1) is 0 Å². The maximum absolute atomic E-state index is 9.97. The van der Waals surface area contributed by atoms with Gasteiger partial charge in [0.15, 0.2) is 0 Å². The zero-order valence-corrected chi connectivity index (χ0v) is 24.1. The number of aromatic hydroxyl groups is 2. The van der Waals surface area contributed by atoms with Crippen molar-refractivity contribution < 1.29 is 48.2 Å². The summed E-state index contributed by atoms with van der Waals surface area (Å²) < 4.78 is 31.6. The van der Waals surface area contributed by atoms with E-state index in [1.54, 1.807) is 24.3 Å². The van der Waals surface area contributed by atoms with Crippen LogP contribution in [0.5, 0.6) is 11.5 Å². The second-order valence-electron chi connectivity index (χ2n) is 10.8. The predicted molar refractivity (Wildman–Crippen MR) is 155 cm³/mol. The van der Waals surface area contributed by atoms with Crippen molar-refractivity contribution in [2.75, 3.05) is 13.1 Å². The third kappa shape index (κ3) is 19.7. The molecule has 0 aliphatic rings. The second-order valence-corrected chi connectivity index (χ2v) is 11.7.